The van der Waals surface area contributed by atoms with Gasteiger partial charge in [0.1, 0.15) is 5.69 Å². The molecule has 2 N–H and O–H groups in total. The van der Waals surface area contributed by atoms with Crippen LogP contribution in [0.3, 0.4) is 0 Å². The number of aryl methyl sites for hydroxylation is 1. The molecule has 0 aliphatic heterocycles. The van der Waals surface area contributed by atoms with E-state index in [0.717, 1.165) is 19.4 Å². The maximum Gasteiger partial charge on any atom is 0.270 e. The molecular weight excluding hydrogens is 262 g/mol. The van der Waals surface area contributed by atoms with Crippen LogP contribution in [-0.4, -0.2) is 29.0 Å². The van der Waals surface area contributed by atoms with Gasteiger partial charge in [0.2, 0.25) is 0 Å². The van der Waals surface area contributed by atoms with Crippen molar-refractivity contribution >= 4 is 11.6 Å². The lowest BCUT2D eigenvalue weighted by atomic mass is 10.1. The summed E-state index contributed by atoms with van der Waals surface area (Å²) in [5.74, 6) is 0.0241. The van der Waals surface area contributed by atoms with Crippen LogP contribution in [0, 0.1) is 0 Å². The van der Waals surface area contributed by atoms with Gasteiger partial charge >= 0.3 is 0 Å². The van der Waals surface area contributed by atoms with Crippen LogP contribution in [0.4, 0.5) is 5.69 Å². The zero-order valence-electron chi connectivity index (χ0n) is 12.7. The number of nitrogens with zero attached hydrogens (tertiary/aromatic N) is 2. The number of carbonyl (C=O) groups is 1. The summed E-state index contributed by atoms with van der Waals surface area (Å²) in [4.78, 5) is 14.3. The molecule has 0 radical (unpaired) electrons. The van der Waals surface area contributed by atoms with Gasteiger partial charge in [0, 0.05) is 26.3 Å². The van der Waals surface area contributed by atoms with Crippen molar-refractivity contribution in [1.82, 2.24) is 9.47 Å². The minimum Gasteiger partial charge on any atom is -0.397 e. The summed E-state index contributed by atoms with van der Waals surface area (Å²) in [6, 6.07) is 12.0. The highest BCUT2D eigenvalue weighted by atomic mass is 16.2. The first-order valence-electron chi connectivity index (χ1n) is 7.37. The lowest BCUT2D eigenvalue weighted by Crippen LogP contribution is -2.30. The quantitative estimate of drug-likeness (QED) is 0.887. The van der Waals surface area contributed by atoms with Crippen molar-refractivity contribution in [1.29, 1.82) is 0 Å². The van der Waals surface area contributed by atoms with E-state index in [1.54, 1.807) is 11.0 Å². The van der Waals surface area contributed by atoms with Crippen molar-refractivity contribution in [2.45, 2.75) is 26.3 Å². The number of amides is 1. The Bertz CT molecular complexity index is 589. The van der Waals surface area contributed by atoms with Crippen LogP contribution in [0.15, 0.2) is 42.6 Å². The molecule has 21 heavy (non-hydrogen) atoms. The lowest BCUT2D eigenvalue weighted by Gasteiger charge is -2.18. The molecule has 0 fully saturated rings. The number of rotatable bonds is 6. The largest absolute Gasteiger partial charge is 0.397 e. The summed E-state index contributed by atoms with van der Waals surface area (Å²) in [6.07, 6.45) is 3.66. The third kappa shape index (κ3) is 3.88. The highest BCUT2D eigenvalue weighted by Gasteiger charge is 2.16. The first-order chi connectivity index (χ1) is 10.1. The van der Waals surface area contributed by atoms with Crippen LogP contribution in [0.2, 0.25) is 0 Å². The summed E-state index contributed by atoms with van der Waals surface area (Å²) >= 11 is 0. The number of hydrogen-bond acceptors (Lipinski definition) is 2. The van der Waals surface area contributed by atoms with Gasteiger partial charge in [-0.2, -0.15) is 0 Å². The molecule has 0 bridgehead atoms. The predicted molar refractivity (Wildman–Crippen MR) is 86.2 cm³/mol. The number of hydrogen-bond donors (Lipinski definition) is 1. The van der Waals surface area contributed by atoms with E-state index in [9.17, 15) is 4.79 Å². The van der Waals surface area contributed by atoms with E-state index in [0.29, 0.717) is 17.9 Å². The van der Waals surface area contributed by atoms with Gasteiger partial charge in [-0.25, -0.2) is 0 Å². The molecule has 0 saturated carbocycles. The van der Waals surface area contributed by atoms with Crippen molar-refractivity contribution in [2.24, 2.45) is 0 Å². The maximum absolute atomic E-state index is 12.5. The van der Waals surface area contributed by atoms with E-state index in [1.165, 1.54) is 5.56 Å². The Balaban J connectivity index is 2.02. The molecule has 0 unspecified atom stereocenters. The number of nitrogen functional groups attached to an aromatic ring is 1. The van der Waals surface area contributed by atoms with Crippen LogP contribution in [0.1, 0.15) is 29.4 Å². The smallest absolute Gasteiger partial charge is 0.270 e. The Morgan fingerprint density at radius 1 is 1.29 bits per heavy atom. The number of benzene rings is 1. The van der Waals surface area contributed by atoms with Crippen molar-refractivity contribution in [3.63, 3.8) is 0 Å². The second kappa shape index (κ2) is 6.97. The van der Waals surface area contributed by atoms with Gasteiger partial charge in [-0.3, -0.25) is 4.79 Å². The normalized spacial score (nSPS) is 10.6. The zero-order valence-corrected chi connectivity index (χ0v) is 12.7. The molecule has 0 aliphatic rings. The summed E-state index contributed by atoms with van der Waals surface area (Å²) in [5, 5.41) is 0. The fourth-order valence-electron chi connectivity index (χ4n) is 2.38. The van der Waals surface area contributed by atoms with Crippen molar-refractivity contribution in [3.8, 4) is 0 Å². The molecule has 4 heteroatoms. The number of likely N-dealkylation sites (N-methyl/N-ethyl adjacent to an activating group) is 1. The molecule has 112 valence electrons. The van der Waals surface area contributed by atoms with E-state index in [-0.39, 0.29) is 5.91 Å². The van der Waals surface area contributed by atoms with Gasteiger partial charge in [0.25, 0.3) is 5.91 Å². The van der Waals surface area contributed by atoms with Gasteiger partial charge < -0.3 is 15.2 Å². The molecule has 1 aromatic carbocycles. The SMILES string of the molecule is CCCn1cc(N)cc1C(=O)N(C)CCc1ccccc1. The number of anilines is 1. The lowest BCUT2D eigenvalue weighted by molar-refractivity contribution is 0.0786. The predicted octanol–water partition coefficient (Wildman–Crippen LogP) is 2.80. The second-order valence-corrected chi connectivity index (χ2v) is 5.31. The molecular formula is C17H23N3O. The van der Waals surface area contributed by atoms with Crippen molar-refractivity contribution < 1.29 is 4.79 Å². The Labute approximate surface area is 126 Å². The Morgan fingerprint density at radius 2 is 2.00 bits per heavy atom. The standard InChI is InChI=1S/C17H23N3O/c1-3-10-20-13-15(18)12-16(20)17(21)19(2)11-9-14-7-5-4-6-8-14/h4-8,12-13H,3,9-11,18H2,1-2H3. The van der Waals surface area contributed by atoms with E-state index >= 15 is 0 Å². The van der Waals surface area contributed by atoms with Crippen LogP contribution < -0.4 is 5.73 Å². The average molecular weight is 285 g/mol. The van der Waals surface area contributed by atoms with Crippen LogP contribution in [-0.2, 0) is 13.0 Å². The molecule has 1 aromatic heterocycles. The van der Waals surface area contributed by atoms with Crippen LogP contribution in [0.25, 0.3) is 0 Å². The summed E-state index contributed by atoms with van der Waals surface area (Å²) in [5.41, 5.74) is 8.37. The van der Waals surface area contributed by atoms with E-state index in [1.807, 2.05) is 36.0 Å². The molecule has 4 nitrogen and oxygen atoms in total. The highest BCUT2D eigenvalue weighted by molar-refractivity contribution is 5.93. The van der Waals surface area contributed by atoms with Crippen molar-refractivity contribution in [2.75, 3.05) is 19.3 Å². The second-order valence-electron chi connectivity index (χ2n) is 5.31. The highest BCUT2D eigenvalue weighted by Crippen LogP contribution is 2.14. The molecule has 2 rings (SSSR count). The van der Waals surface area contributed by atoms with E-state index in [2.05, 4.69) is 19.1 Å². The maximum atomic E-state index is 12.5. The molecule has 0 aliphatic carbocycles. The minimum absolute atomic E-state index is 0.0241. The first kappa shape index (κ1) is 15.2. The average Bonchev–Trinajstić information content (AvgIpc) is 2.86. The Morgan fingerprint density at radius 3 is 2.67 bits per heavy atom. The molecule has 0 saturated heterocycles. The van der Waals surface area contributed by atoms with Gasteiger partial charge in [-0.15, -0.1) is 0 Å². The Hall–Kier alpha value is -2.23. The Kier molecular flexibility index (Phi) is 5.04. The van der Waals surface area contributed by atoms with Gasteiger partial charge in [-0.1, -0.05) is 37.3 Å². The van der Waals surface area contributed by atoms with Gasteiger partial charge in [-0.05, 0) is 24.5 Å². The van der Waals surface area contributed by atoms with Crippen molar-refractivity contribution in [3.05, 3.63) is 53.9 Å². The topological polar surface area (TPSA) is 51.3 Å². The first-order valence-corrected chi connectivity index (χ1v) is 7.37. The van der Waals surface area contributed by atoms with Gasteiger partial charge in [0.15, 0.2) is 0 Å². The molecule has 0 atom stereocenters. The fraction of sp³-hybridized carbons (Fsp3) is 0.353. The minimum atomic E-state index is 0.0241. The summed E-state index contributed by atoms with van der Waals surface area (Å²) in [6.45, 7) is 3.59. The molecule has 2 aromatic rings. The number of nitrogens with two attached hydrogens (primary N) is 1. The number of aromatic nitrogens is 1. The van der Waals surface area contributed by atoms with Gasteiger partial charge in [0.05, 0.1) is 5.69 Å². The molecule has 1 heterocycles. The zero-order chi connectivity index (χ0) is 15.2. The summed E-state index contributed by atoms with van der Waals surface area (Å²) < 4.78 is 1.94. The molecule has 0 spiro atoms. The third-order valence-electron chi connectivity index (χ3n) is 3.53. The van der Waals surface area contributed by atoms with Crippen LogP contribution in [0.5, 0.6) is 0 Å². The fourth-order valence-corrected chi connectivity index (χ4v) is 2.38. The van der Waals surface area contributed by atoms with E-state index in [4.69, 9.17) is 5.73 Å². The number of carbonyl (C=O) groups excluding carboxylic acids is 1. The molecule has 1 amide bonds. The monoisotopic (exact) mass is 285 g/mol. The third-order valence-corrected chi connectivity index (χ3v) is 3.53. The summed E-state index contributed by atoms with van der Waals surface area (Å²) in [7, 11) is 1.84. The van der Waals surface area contributed by atoms with E-state index < -0.39 is 0 Å². The van der Waals surface area contributed by atoms with Crippen LogP contribution >= 0.6 is 0 Å².